The number of sulfone groups is 1. The number of nitrogens with zero attached hydrogens (tertiary/aromatic N) is 2. The number of anilines is 2. The molecule has 2 aromatic rings. The van der Waals surface area contributed by atoms with Gasteiger partial charge in [0.05, 0.1) is 16.5 Å². The third-order valence-corrected chi connectivity index (χ3v) is 8.44. The maximum atomic E-state index is 14.5. The normalized spacial score (nSPS) is 21.9. The number of rotatable bonds is 10. The van der Waals surface area contributed by atoms with Crippen LogP contribution in [-0.2, 0) is 14.6 Å². The zero-order chi connectivity index (χ0) is 26.4. The highest BCUT2D eigenvalue weighted by Crippen LogP contribution is 2.31. The molecule has 0 amide bonds. The van der Waals surface area contributed by atoms with Gasteiger partial charge in [-0.25, -0.2) is 22.8 Å². The Balaban J connectivity index is 1.36. The monoisotopic (exact) mass is 553 g/mol. The summed E-state index contributed by atoms with van der Waals surface area (Å²) in [5.74, 6) is 1.11. The fourth-order valence-electron chi connectivity index (χ4n) is 5.14. The zero-order valence-corrected chi connectivity index (χ0v) is 23.0. The lowest BCUT2D eigenvalue weighted by atomic mass is 9.90. The minimum Gasteiger partial charge on any atom is -0.381 e. The third-order valence-electron chi connectivity index (χ3n) is 7.03. The van der Waals surface area contributed by atoms with Crippen molar-refractivity contribution in [1.29, 1.82) is 0 Å². The predicted molar refractivity (Wildman–Crippen MR) is 146 cm³/mol. The van der Waals surface area contributed by atoms with E-state index in [2.05, 4.69) is 25.9 Å². The second-order valence-electron chi connectivity index (χ2n) is 10.4. The van der Waals surface area contributed by atoms with Crippen molar-refractivity contribution >= 4 is 33.1 Å². The first-order chi connectivity index (χ1) is 17.7. The minimum absolute atomic E-state index is 0.0655. The number of ether oxygens (including phenoxy) is 1. The average molecular weight is 554 g/mol. The van der Waals surface area contributed by atoms with Crippen LogP contribution in [0.2, 0.25) is 5.02 Å². The van der Waals surface area contributed by atoms with E-state index in [1.807, 2.05) is 13.0 Å². The van der Waals surface area contributed by atoms with Crippen molar-refractivity contribution in [2.24, 2.45) is 5.92 Å². The Morgan fingerprint density at radius 1 is 1.14 bits per heavy atom. The van der Waals surface area contributed by atoms with Crippen LogP contribution in [0, 0.1) is 11.7 Å². The Kier molecular flexibility index (Phi) is 9.61. The van der Waals surface area contributed by atoms with Crippen molar-refractivity contribution in [1.82, 2.24) is 15.3 Å². The van der Waals surface area contributed by atoms with Crippen LogP contribution in [0.4, 0.5) is 16.0 Å². The molecule has 37 heavy (non-hydrogen) atoms. The summed E-state index contributed by atoms with van der Waals surface area (Å²) in [5.41, 5.74) is 1.28. The SMILES string of the molecule is C[C@H](CS(C)(=O)=O)NC1CCC(Nc2cc(-c3ccc(F)c(NCC4CCOCC4)n3)c(Cl)cn2)CC1. The van der Waals surface area contributed by atoms with Gasteiger partial charge in [0, 0.05) is 55.9 Å². The Morgan fingerprint density at radius 3 is 2.54 bits per heavy atom. The minimum atomic E-state index is -3.00. The quantitative estimate of drug-likeness (QED) is 0.394. The van der Waals surface area contributed by atoms with Crippen LogP contribution in [0.3, 0.4) is 0 Å². The Hall–Kier alpha value is -2.01. The summed E-state index contributed by atoms with van der Waals surface area (Å²) < 4.78 is 42.9. The molecule has 0 bridgehead atoms. The number of aromatic nitrogens is 2. The molecule has 2 fully saturated rings. The smallest absolute Gasteiger partial charge is 0.165 e. The second kappa shape index (κ2) is 12.7. The first-order valence-electron chi connectivity index (χ1n) is 13.0. The molecule has 1 aliphatic heterocycles. The molecular weight excluding hydrogens is 517 g/mol. The number of hydrogen-bond donors (Lipinski definition) is 3. The summed E-state index contributed by atoms with van der Waals surface area (Å²) >= 11 is 6.47. The summed E-state index contributed by atoms with van der Waals surface area (Å²) in [4.78, 5) is 8.98. The van der Waals surface area contributed by atoms with Gasteiger partial charge in [-0.2, -0.15) is 0 Å². The standard InChI is InChI=1S/C26H37ClFN5O3S/c1-17(16-37(2,34)35)31-19-3-5-20(6-4-19)32-25-13-21(22(27)15-29-25)24-8-7-23(28)26(33-24)30-14-18-9-11-36-12-10-18/h7-8,13,15,17-20,31H,3-6,9-12,14,16H2,1-2H3,(H,29,32)(H,30,33)/t17-,19?,20?/m1/s1. The molecule has 3 heterocycles. The zero-order valence-electron chi connectivity index (χ0n) is 21.5. The van der Waals surface area contributed by atoms with Gasteiger partial charge in [0.1, 0.15) is 15.7 Å². The molecule has 8 nitrogen and oxygen atoms in total. The molecule has 0 radical (unpaired) electrons. The number of pyridine rings is 2. The summed E-state index contributed by atoms with van der Waals surface area (Å²) in [5, 5.41) is 10.6. The molecule has 1 aliphatic carbocycles. The predicted octanol–water partition coefficient (Wildman–Crippen LogP) is 4.52. The van der Waals surface area contributed by atoms with Crippen molar-refractivity contribution in [3.63, 3.8) is 0 Å². The fraction of sp³-hybridized carbons (Fsp3) is 0.615. The maximum absolute atomic E-state index is 14.5. The Bertz CT molecular complexity index is 1150. The molecule has 3 N–H and O–H groups in total. The average Bonchev–Trinajstić information content (AvgIpc) is 2.85. The van der Waals surface area contributed by atoms with Crippen molar-refractivity contribution in [3.8, 4) is 11.3 Å². The Labute approximate surface area is 224 Å². The van der Waals surface area contributed by atoms with E-state index in [-0.39, 0.29) is 23.7 Å². The molecule has 11 heteroatoms. The molecule has 1 saturated heterocycles. The van der Waals surface area contributed by atoms with Gasteiger partial charge in [-0.05, 0) is 69.6 Å². The van der Waals surface area contributed by atoms with Crippen LogP contribution in [0.5, 0.6) is 0 Å². The molecule has 1 atom stereocenters. The lowest BCUT2D eigenvalue weighted by Crippen LogP contribution is -2.43. The van der Waals surface area contributed by atoms with Crippen molar-refractivity contribution in [3.05, 3.63) is 35.2 Å². The van der Waals surface area contributed by atoms with Crippen LogP contribution >= 0.6 is 11.6 Å². The molecule has 204 valence electrons. The van der Waals surface area contributed by atoms with E-state index in [4.69, 9.17) is 16.3 Å². The fourth-order valence-corrected chi connectivity index (χ4v) is 6.34. The van der Waals surface area contributed by atoms with Gasteiger partial charge in [0.15, 0.2) is 11.6 Å². The topological polar surface area (TPSA) is 105 Å². The van der Waals surface area contributed by atoms with Crippen molar-refractivity contribution in [2.75, 3.05) is 42.4 Å². The van der Waals surface area contributed by atoms with E-state index in [9.17, 15) is 12.8 Å². The van der Waals surface area contributed by atoms with Crippen molar-refractivity contribution in [2.45, 2.75) is 63.6 Å². The molecular formula is C26H37ClFN5O3S. The van der Waals surface area contributed by atoms with Gasteiger partial charge >= 0.3 is 0 Å². The summed E-state index contributed by atoms with van der Waals surface area (Å²) in [6.07, 6.45) is 8.57. The highest BCUT2D eigenvalue weighted by atomic mass is 35.5. The molecule has 2 aromatic heterocycles. The lowest BCUT2D eigenvalue weighted by Gasteiger charge is -2.32. The van der Waals surface area contributed by atoms with Crippen LogP contribution in [0.1, 0.15) is 45.4 Å². The van der Waals surface area contributed by atoms with Crippen molar-refractivity contribution < 1.29 is 17.5 Å². The molecule has 1 saturated carbocycles. The van der Waals surface area contributed by atoms with E-state index in [0.717, 1.165) is 51.7 Å². The largest absolute Gasteiger partial charge is 0.381 e. The highest BCUT2D eigenvalue weighted by Gasteiger charge is 2.24. The van der Waals surface area contributed by atoms with E-state index in [1.54, 1.807) is 12.3 Å². The molecule has 0 unspecified atom stereocenters. The van der Waals surface area contributed by atoms with Gasteiger partial charge in [-0.1, -0.05) is 11.6 Å². The third kappa shape index (κ3) is 8.49. The number of nitrogens with one attached hydrogen (secondary N) is 3. The lowest BCUT2D eigenvalue weighted by molar-refractivity contribution is 0.0699. The van der Waals surface area contributed by atoms with E-state index in [1.165, 1.54) is 12.3 Å². The van der Waals surface area contributed by atoms with Gasteiger partial charge < -0.3 is 20.7 Å². The summed E-state index contributed by atoms with van der Waals surface area (Å²) in [6, 6.07) is 5.40. The Morgan fingerprint density at radius 2 is 1.84 bits per heavy atom. The van der Waals surface area contributed by atoms with Gasteiger partial charge in [-0.3, -0.25) is 0 Å². The van der Waals surface area contributed by atoms with Gasteiger partial charge in [0.25, 0.3) is 0 Å². The van der Waals surface area contributed by atoms with Gasteiger partial charge in [-0.15, -0.1) is 0 Å². The van der Waals surface area contributed by atoms with Crippen LogP contribution in [0.25, 0.3) is 11.3 Å². The van der Waals surface area contributed by atoms with Crippen LogP contribution < -0.4 is 16.0 Å². The van der Waals surface area contributed by atoms with E-state index < -0.39 is 15.7 Å². The second-order valence-corrected chi connectivity index (χ2v) is 13.0. The summed E-state index contributed by atoms with van der Waals surface area (Å²) in [7, 11) is -3.00. The first-order valence-corrected chi connectivity index (χ1v) is 15.4. The molecule has 0 spiro atoms. The first kappa shape index (κ1) is 28.0. The van der Waals surface area contributed by atoms with Crippen LogP contribution in [-0.4, -0.2) is 68.3 Å². The maximum Gasteiger partial charge on any atom is 0.165 e. The molecule has 4 rings (SSSR count). The highest BCUT2D eigenvalue weighted by molar-refractivity contribution is 7.90. The van der Waals surface area contributed by atoms with Gasteiger partial charge in [0.2, 0.25) is 0 Å². The van der Waals surface area contributed by atoms with E-state index in [0.29, 0.717) is 40.6 Å². The number of halogens is 2. The van der Waals surface area contributed by atoms with E-state index >= 15 is 0 Å². The molecule has 2 aliphatic rings. The van der Waals surface area contributed by atoms with Crippen LogP contribution in [0.15, 0.2) is 24.4 Å². The number of hydrogen-bond acceptors (Lipinski definition) is 8. The summed E-state index contributed by atoms with van der Waals surface area (Å²) in [6.45, 7) is 4.05. The molecule has 0 aromatic carbocycles.